The molecule has 17 heavy (non-hydrogen) atoms. The number of benzene rings is 1. The molecule has 1 unspecified atom stereocenters. The van der Waals surface area contributed by atoms with Gasteiger partial charge in [-0.05, 0) is 12.1 Å². The first-order valence-electron chi connectivity index (χ1n) is 4.87. The van der Waals surface area contributed by atoms with Crippen LogP contribution in [0, 0.1) is 5.82 Å². The van der Waals surface area contributed by atoms with Gasteiger partial charge in [-0.15, -0.1) is 0 Å². The van der Waals surface area contributed by atoms with Crippen LogP contribution in [0.4, 0.5) is 4.39 Å². The van der Waals surface area contributed by atoms with Gasteiger partial charge >= 0.3 is 5.97 Å². The first-order valence-corrected chi connectivity index (χ1v) is 4.87. The Morgan fingerprint density at radius 2 is 2.18 bits per heavy atom. The summed E-state index contributed by atoms with van der Waals surface area (Å²) >= 11 is 0. The normalized spacial score (nSPS) is 12.4. The number of aromatic nitrogens is 2. The molecule has 2 aromatic rings. The molecule has 0 saturated heterocycles. The van der Waals surface area contributed by atoms with E-state index in [9.17, 15) is 9.18 Å². The van der Waals surface area contributed by atoms with E-state index in [-0.39, 0.29) is 11.4 Å². The average Bonchev–Trinajstić information content (AvgIpc) is 2.77. The minimum atomic E-state index is -1.24. The average molecular weight is 235 g/mol. The van der Waals surface area contributed by atoms with Gasteiger partial charge in [-0.25, -0.2) is 9.37 Å². The fraction of sp³-hybridized carbons (Fsp3) is 0.0909. The summed E-state index contributed by atoms with van der Waals surface area (Å²) in [5.74, 6) is -1.66. The van der Waals surface area contributed by atoms with Gasteiger partial charge in [0.2, 0.25) is 0 Å². The third-order valence-electron chi connectivity index (χ3n) is 2.36. The Kier molecular flexibility index (Phi) is 2.88. The number of nitrogens with two attached hydrogens (primary N) is 1. The molecular formula is C11H10FN3O2. The number of halogens is 1. The molecule has 0 aliphatic rings. The minimum Gasteiger partial charge on any atom is -0.480 e. The maximum absolute atomic E-state index is 13.6. The van der Waals surface area contributed by atoms with E-state index in [0.717, 1.165) is 0 Å². The van der Waals surface area contributed by atoms with Crippen molar-refractivity contribution in [3.05, 3.63) is 48.3 Å². The van der Waals surface area contributed by atoms with E-state index < -0.39 is 17.8 Å². The Labute approximate surface area is 96.3 Å². The number of para-hydroxylation sites is 1. The Morgan fingerprint density at radius 1 is 1.47 bits per heavy atom. The predicted octanol–water partition coefficient (Wildman–Crippen LogP) is 1.10. The molecule has 88 valence electrons. The number of carboxylic acids is 1. The van der Waals surface area contributed by atoms with Crippen molar-refractivity contribution in [3.8, 4) is 5.69 Å². The van der Waals surface area contributed by atoms with E-state index in [1.165, 1.54) is 29.2 Å². The van der Waals surface area contributed by atoms with E-state index in [1.807, 2.05) is 0 Å². The first kappa shape index (κ1) is 11.3. The van der Waals surface area contributed by atoms with Crippen LogP contribution < -0.4 is 5.73 Å². The van der Waals surface area contributed by atoms with Crippen molar-refractivity contribution >= 4 is 5.97 Å². The van der Waals surface area contributed by atoms with Gasteiger partial charge in [-0.2, -0.15) is 0 Å². The van der Waals surface area contributed by atoms with Crippen LogP contribution in [0.3, 0.4) is 0 Å². The Hall–Kier alpha value is -2.21. The van der Waals surface area contributed by atoms with Crippen molar-refractivity contribution in [2.45, 2.75) is 6.04 Å². The molecule has 3 N–H and O–H groups in total. The summed E-state index contributed by atoms with van der Waals surface area (Å²) in [6.45, 7) is 0. The fourth-order valence-electron chi connectivity index (χ4n) is 1.51. The van der Waals surface area contributed by atoms with Gasteiger partial charge < -0.3 is 10.8 Å². The van der Waals surface area contributed by atoms with E-state index in [2.05, 4.69) is 4.98 Å². The predicted molar refractivity (Wildman–Crippen MR) is 58.1 cm³/mol. The van der Waals surface area contributed by atoms with E-state index >= 15 is 0 Å². The largest absolute Gasteiger partial charge is 0.480 e. The maximum Gasteiger partial charge on any atom is 0.326 e. The van der Waals surface area contributed by atoms with Crippen LogP contribution in [-0.2, 0) is 4.79 Å². The standard InChI is InChI=1S/C11H10FN3O2/c12-7-3-1-2-4-8(7)15-6-14-5-9(15)10(13)11(16)17/h1-6,10H,13H2,(H,16,17). The number of imidazole rings is 1. The van der Waals surface area contributed by atoms with Crippen LogP contribution in [0.5, 0.6) is 0 Å². The molecule has 1 aromatic heterocycles. The van der Waals surface area contributed by atoms with Crippen LogP contribution in [0.1, 0.15) is 11.7 Å². The number of rotatable bonds is 3. The van der Waals surface area contributed by atoms with Gasteiger partial charge in [-0.3, -0.25) is 9.36 Å². The monoisotopic (exact) mass is 235 g/mol. The zero-order chi connectivity index (χ0) is 12.4. The lowest BCUT2D eigenvalue weighted by Crippen LogP contribution is -2.23. The first-order chi connectivity index (χ1) is 8.11. The second-order valence-corrected chi connectivity index (χ2v) is 3.46. The number of carboxylic acid groups (broad SMARTS) is 1. The van der Waals surface area contributed by atoms with Crippen LogP contribution in [0.25, 0.3) is 5.69 Å². The highest BCUT2D eigenvalue weighted by atomic mass is 19.1. The Balaban J connectivity index is 2.51. The van der Waals surface area contributed by atoms with Gasteiger partial charge in [0.1, 0.15) is 11.9 Å². The molecule has 0 saturated carbocycles. The molecule has 2 rings (SSSR count). The number of hydrogen-bond acceptors (Lipinski definition) is 3. The summed E-state index contributed by atoms with van der Waals surface area (Å²) in [7, 11) is 0. The molecule has 5 nitrogen and oxygen atoms in total. The Bertz CT molecular complexity index is 553. The molecule has 6 heteroatoms. The number of aliphatic carboxylic acids is 1. The smallest absolute Gasteiger partial charge is 0.326 e. The maximum atomic E-state index is 13.6. The van der Waals surface area contributed by atoms with Crippen LogP contribution in [-0.4, -0.2) is 20.6 Å². The number of carbonyl (C=O) groups is 1. The molecule has 0 bridgehead atoms. The number of hydrogen-bond donors (Lipinski definition) is 2. The van der Waals surface area contributed by atoms with Crippen LogP contribution in [0.15, 0.2) is 36.8 Å². The summed E-state index contributed by atoms with van der Waals surface area (Å²) in [5, 5.41) is 8.83. The Morgan fingerprint density at radius 3 is 2.82 bits per heavy atom. The summed E-state index contributed by atoms with van der Waals surface area (Å²) in [5.41, 5.74) is 5.93. The SMILES string of the molecule is NC(C(=O)O)c1cncn1-c1ccccc1F. The van der Waals surface area contributed by atoms with E-state index in [1.54, 1.807) is 12.1 Å². The molecule has 1 atom stereocenters. The summed E-state index contributed by atoms with van der Waals surface area (Å²) in [6.07, 6.45) is 2.64. The van der Waals surface area contributed by atoms with Crippen molar-refractivity contribution in [1.82, 2.24) is 9.55 Å². The number of nitrogens with zero attached hydrogens (tertiary/aromatic N) is 2. The van der Waals surface area contributed by atoms with Crippen molar-refractivity contribution in [3.63, 3.8) is 0 Å². The minimum absolute atomic E-state index is 0.219. The molecule has 0 amide bonds. The second kappa shape index (κ2) is 4.34. The third-order valence-corrected chi connectivity index (χ3v) is 2.36. The molecule has 0 aliphatic carbocycles. The van der Waals surface area contributed by atoms with Crippen molar-refractivity contribution in [2.24, 2.45) is 5.73 Å². The zero-order valence-electron chi connectivity index (χ0n) is 8.75. The van der Waals surface area contributed by atoms with E-state index in [0.29, 0.717) is 0 Å². The van der Waals surface area contributed by atoms with Crippen molar-refractivity contribution in [1.29, 1.82) is 0 Å². The van der Waals surface area contributed by atoms with Gasteiger partial charge in [-0.1, -0.05) is 12.1 Å². The quantitative estimate of drug-likeness (QED) is 0.834. The summed E-state index contributed by atoms with van der Waals surface area (Å²) in [4.78, 5) is 14.6. The van der Waals surface area contributed by atoms with Crippen molar-refractivity contribution < 1.29 is 14.3 Å². The third kappa shape index (κ3) is 2.02. The molecule has 0 fully saturated rings. The van der Waals surface area contributed by atoms with Crippen LogP contribution in [0.2, 0.25) is 0 Å². The highest BCUT2D eigenvalue weighted by Crippen LogP contribution is 2.18. The lowest BCUT2D eigenvalue weighted by atomic mass is 10.2. The molecule has 1 heterocycles. The topological polar surface area (TPSA) is 81.1 Å². The van der Waals surface area contributed by atoms with Crippen LogP contribution >= 0.6 is 0 Å². The highest BCUT2D eigenvalue weighted by Gasteiger charge is 2.20. The molecule has 1 aromatic carbocycles. The lowest BCUT2D eigenvalue weighted by molar-refractivity contribution is -0.138. The van der Waals surface area contributed by atoms with Gasteiger partial charge in [0, 0.05) is 0 Å². The second-order valence-electron chi connectivity index (χ2n) is 3.46. The molecule has 0 radical (unpaired) electrons. The molecule has 0 spiro atoms. The summed E-state index contributed by atoms with van der Waals surface area (Å²) in [6, 6.07) is 4.76. The van der Waals surface area contributed by atoms with Gasteiger partial charge in [0.15, 0.2) is 0 Å². The highest BCUT2D eigenvalue weighted by molar-refractivity contribution is 5.74. The molecule has 0 aliphatic heterocycles. The van der Waals surface area contributed by atoms with Gasteiger partial charge in [0.25, 0.3) is 0 Å². The zero-order valence-corrected chi connectivity index (χ0v) is 8.75. The summed E-state index contributed by atoms with van der Waals surface area (Å²) < 4.78 is 14.9. The van der Waals surface area contributed by atoms with Crippen molar-refractivity contribution in [2.75, 3.05) is 0 Å². The fourth-order valence-corrected chi connectivity index (χ4v) is 1.51. The van der Waals surface area contributed by atoms with Gasteiger partial charge in [0.05, 0.1) is 23.9 Å². The van der Waals surface area contributed by atoms with E-state index in [4.69, 9.17) is 10.8 Å². The lowest BCUT2D eigenvalue weighted by Gasteiger charge is -2.11. The molecular weight excluding hydrogens is 225 g/mol.